The van der Waals surface area contributed by atoms with Gasteiger partial charge in [-0.1, -0.05) is 18.2 Å². The predicted molar refractivity (Wildman–Crippen MR) is 93.9 cm³/mol. The van der Waals surface area contributed by atoms with Crippen molar-refractivity contribution in [1.29, 1.82) is 0 Å². The maximum atomic E-state index is 12.1. The molecule has 138 valence electrons. The molecule has 1 amide bonds. The van der Waals surface area contributed by atoms with Gasteiger partial charge in [0.25, 0.3) is 5.91 Å². The number of nitrogens with one attached hydrogen (secondary N) is 1. The fourth-order valence-corrected chi connectivity index (χ4v) is 2.74. The molecule has 0 radical (unpaired) electrons. The average molecular weight is 381 g/mol. The smallest absolute Gasteiger partial charge is 0.387 e. The lowest BCUT2D eigenvalue weighted by Gasteiger charge is -2.11. The van der Waals surface area contributed by atoms with E-state index in [2.05, 4.69) is 10.1 Å². The summed E-state index contributed by atoms with van der Waals surface area (Å²) >= 11 is 1.52. The Morgan fingerprint density at radius 3 is 2.58 bits per heavy atom. The Labute approximate surface area is 153 Å². The van der Waals surface area contributed by atoms with Crippen LogP contribution in [-0.2, 0) is 14.3 Å². The highest BCUT2D eigenvalue weighted by molar-refractivity contribution is 7.10. The van der Waals surface area contributed by atoms with Crippen molar-refractivity contribution >= 4 is 29.3 Å². The van der Waals surface area contributed by atoms with Crippen LogP contribution in [0.15, 0.2) is 47.9 Å². The van der Waals surface area contributed by atoms with Gasteiger partial charge < -0.3 is 14.8 Å². The first-order valence-corrected chi connectivity index (χ1v) is 8.54. The first-order chi connectivity index (χ1) is 12.4. The van der Waals surface area contributed by atoms with Gasteiger partial charge in [-0.3, -0.25) is 4.79 Å². The van der Waals surface area contributed by atoms with E-state index in [-0.39, 0.29) is 18.4 Å². The number of halogens is 2. The largest absolute Gasteiger partial charge is 0.452 e. The van der Waals surface area contributed by atoms with Crippen LogP contribution in [-0.4, -0.2) is 25.1 Å². The quantitative estimate of drug-likeness (QED) is 0.558. The highest BCUT2D eigenvalue weighted by atomic mass is 32.1. The summed E-state index contributed by atoms with van der Waals surface area (Å²) in [5.74, 6) is -1.06. The summed E-state index contributed by atoms with van der Waals surface area (Å²) in [6, 6.07) is 9.37. The number of thiophene rings is 1. The van der Waals surface area contributed by atoms with Crippen LogP contribution in [0.2, 0.25) is 0 Å². The normalized spacial score (nSPS) is 12.2. The van der Waals surface area contributed by atoms with Crippen molar-refractivity contribution in [2.24, 2.45) is 0 Å². The number of ether oxygens (including phenoxy) is 2. The Morgan fingerprint density at radius 1 is 1.23 bits per heavy atom. The molecular formula is C18H17F2NO4S. The Balaban J connectivity index is 1.75. The van der Waals surface area contributed by atoms with Gasteiger partial charge in [0.1, 0.15) is 5.75 Å². The summed E-state index contributed by atoms with van der Waals surface area (Å²) in [7, 11) is 0. The van der Waals surface area contributed by atoms with E-state index in [1.165, 1.54) is 41.7 Å². The number of rotatable bonds is 8. The van der Waals surface area contributed by atoms with Crippen molar-refractivity contribution in [1.82, 2.24) is 5.32 Å². The van der Waals surface area contributed by atoms with Gasteiger partial charge in [0.15, 0.2) is 6.61 Å². The number of hydrogen-bond donors (Lipinski definition) is 1. The van der Waals surface area contributed by atoms with Gasteiger partial charge in [-0.05, 0) is 42.1 Å². The van der Waals surface area contributed by atoms with Gasteiger partial charge in [-0.15, -0.1) is 11.3 Å². The van der Waals surface area contributed by atoms with Gasteiger partial charge in [0.05, 0.1) is 6.04 Å². The van der Waals surface area contributed by atoms with Crippen LogP contribution >= 0.6 is 11.3 Å². The molecule has 1 atom stereocenters. The third-order valence-electron chi connectivity index (χ3n) is 3.21. The molecule has 26 heavy (non-hydrogen) atoms. The predicted octanol–water partition coefficient (Wildman–Crippen LogP) is 3.78. The van der Waals surface area contributed by atoms with Crippen LogP contribution < -0.4 is 10.1 Å². The van der Waals surface area contributed by atoms with Gasteiger partial charge in [-0.2, -0.15) is 8.78 Å². The lowest BCUT2D eigenvalue weighted by molar-refractivity contribution is -0.144. The fourth-order valence-electron chi connectivity index (χ4n) is 2.00. The molecule has 0 aliphatic heterocycles. The third-order valence-corrected chi connectivity index (χ3v) is 4.27. The molecule has 2 rings (SSSR count). The standard InChI is InChI=1S/C18H17F2NO4S/c1-12(15-3-2-10-26-15)21-16(22)11-24-17(23)9-6-13-4-7-14(8-5-13)25-18(19)20/h2-10,12,18H,11H2,1H3,(H,21,22)/b9-6+/t12-/m0/s1. The molecule has 0 bridgehead atoms. The van der Waals surface area contributed by atoms with Crippen molar-refractivity contribution < 1.29 is 27.8 Å². The third kappa shape index (κ3) is 6.64. The molecule has 1 N–H and O–H groups in total. The zero-order valence-corrected chi connectivity index (χ0v) is 14.7. The van der Waals surface area contributed by atoms with Crippen molar-refractivity contribution in [3.8, 4) is 5.75 Å². The number of hydrogen-bond acceptors (Lipinski definition) is 5. The van der Waals surface area contributed by atoms with E-state index in [1.54, 1.807) is 0 Å². The maximum Gasteiger partial charge on any atom is 0.387 e. The summed E-state index contributed by atoms with van der Waals surface area (Å²) in [4.78, 5) is 24.4. The second kappa shape index (κ2) is 9.67. The summed E-state index contributed by atoms with van der Waals surface area (Å²) in [6.07, 6.45) is 2.60. The van der Waals surface area contributed by atoms with Crippen molar-refractivity contribution in [2.45, 2.75) is 19.6 Å². The maximum absolute atomic E-state index is 12.1. The summed E-state index contributed by atoms with van der Waals surface area (Å²) in [5.41, 5.74) is 0.597. The highest BCUT2D eigenvalue weighted by Gasteiger charge is 2.11. The number of carbonyl (C=O) groups excluding carboxylic acids is 2. The first-order valence-electron chi connectivity index (χ1n) is 7.66. The number of alkyl halides is 2. The Hall–Kier alpha value is -2.74. The van der Waals surface area contributed by atoms with Crippen LogP contribution in [0.1, 0.15) is 23.4 Å². The van der Waals surface area contributed by atoms with Crippen molar-refractivity contribution in [3.63, 3.8) is 0 Å². The average Bonchev–Trinajstić information content (AvgIpc) is 3.13. The van der Waals surface area contributed by atoms with E-state index in [0.717, 1.165) is 11.0 Å². The van der Waals surface area contributed by atoms with Crippen LogP contribution in [0.3, 0.4) is 0 Å². The lowest BCUT2D eigenvalue weighted by atomic mass is 10.2. The summed E-state index contributed by atoms with van der Waals surface area (Å²) in [6.45, 7) is -1.44. The Bertz CT molecular complexity index is 745. The molecule has 5 nitrogen and oxygen atoms in total. The van der Waals surface area contributed by atoms with Crippen molar-refractivity contribution in [2.75, 3.05) is 6.61 Å². The molecule has 0 fully saturated rings. The molecule has 1 aromatic heterocycles. The molecular weight excluding hydrogens is 364 g/mol. The van der Waals surface area contributed by atoms with E-state index in [4.69, 9.17) is 4.74 Å². The number of amides is 1. The molecule has 0 saturated heterocycles. The van der Waals surface area contributed by atoms with E-state index >= 15 is 0 Å². The molecule has 1 heterocycles. The molecule has 8 heteroatoms. The fraction of sp³-hybridized carbons (Fsp3) is 0.222. The Morgan fingerprint density at radius 2 is 1.96 bits per heavy atom. The van der Waals surface area contributed by atoms with Crippen LogP contribution in [0, 0.1) is 0 Å². The van der Waals surface area contributed by atoms with Gasteiger partial charge in [0, 0.05) is 11.0 Å². The molecule has 1 aromatic carbocycles. The molecule has 2 aromatic rings. The number of benzene rings is 1. The van der Waals surface area contributed by atoms with Gasteiger partial charge in [-0.25, -0.2) is 4.79 Å². The van der Waals surface area contributed by atoms with E-state index < -0.39 is 18.5 Å². The van der Waals surface area contributed by atoms with Gasteiger partial charge in [0.2, 0.25) is 0 Å². The van der Waals surface area contributed by atoms with E-state index in [1.807, 2.05) is 24.4 Å². The molecule has 0 spiro atoms. The SMILES string of the molecule is C[C@H](NC(=O)COC(=O)/C=C/c1ccc(OC(F)F)cc1)c1cccs1. The summed E-state index contributed by atoms with van der Waals surface area (Å²) < 4.78 is 33.2. The van der Waals surface area contributed by atoms with E-state index in [0.29, 0.717) is 5.56 Å². The second-order valence-corrected chi connectivity index (χ2v) is 6.17. The minimum Gasteiger partial charge on any atom is -0.452 e. The molecule has 0 saturated carbocycles. The van der Waals surface area contributed by atoms with Crippen LogP contribution in [0.5, 0.6) is 5.75 Å². The molecule has 0 aliphatic rings. The zero-order valence-electron chi connectivity index (χ0n) is 13.9. The van der Waals surface area contributed by atoms with Gasteiger partial charge >= 0.3 is 12.6 Å². The van der Waals surface area contributed by atoms with Crippen LogP contribution in [0.4, 0.5) is 8.78 Å². The van der Waals surface area contributed by atoms with Crippen molar-refractivity contribution in [3.05, 3.63) is 58.3 Å². The first kappa shape index (κ1) is 19.6. The minimum atomic E-state index is -2.89. The lowest BCUT2D eigenvalue weighted by Crippen LogP contribution is -2.30. The number of esters is 1. The van der Waals surface area contributed by atoms with E-state index in [9.17, 15) is 18.4 Å². The highest BCUT2D eigenvalue weighted by Crippen LogP contribution is 2.18. The minimum absolute atomic E-state index is 0.0243. The monoisotopic (exact) mass is 381 g/mol. The number of carbonyl (C=O) groups is 2. The second-order valence-electron chi connectivity index (χ2n) is 5.19. The molecule has 0 unspecified atom stereocenters. The summed E-state index contributed by atoms with van der Waals surface area (Å²) in [5, 5.41) is 4.64. The zero-order chi connectivity index (χ0) is 18.9. The molecule has 0 aliphatic carbocycles. The van der Waals surface area contributed by atoms with Crippen LogP contribution in [0.25, 0.3) is 6.08 Å². The topological polar surface area (TPSA) is 64.6 Å². The Kier molecular flexibility index (Phi) is 7.28.